The van der Waals surface area contributed by atoms with Gasteiger partial charge < -0.3 is 5.21 Å². The topological polar surface area (TPSA) is 23.5 Å². The van der Waals surface area contributed by atoms with Gasteiger partial charge in [0.15, 0.2) is 0 Å². The highest BCUT2D eigenvalue weighted by molar-refractivity contribution is 4.89. The van der Waals surface area contributed by atoms with Crippen LogP contribution >= 0.6 is 0 Å². The lowest BCUT2D eigenvalue weighted by molar-refractivity contribution is -0.209. The number of hydrogen-bond donors (Lipinski definition) is 1. The molecule has 2 rings (SSSR count). The van der Waals surface area contributed by atoms with E-state index in [-0.39, 0.29) is 0 Å². The van der Waals surface area contributed by atoms with Crippen molar-refractivity contribution in [1.29, 1.82) is 0 Å². The van der Waals surface area contributed by atoms with Gasteiger partial charge in [-0.1, -0.05) is 13.8 Å². The number of hydrogen-bond acceptors (Lipinski definition) is 2. The SMILES string of the molecule is CC1CC2CC(C)CC(C1)N2O. The van der Waals surface area contributed by atoms with Crippen molar-refractivity contribution < 1.29 is 5.21 Å². The molecule has 2 heterocycles. The fourth-order valence-corrected chi connectivity index (χ4v) is 2.97. The molecule has 2 fully saturated rings. The molecule has 0 aromatic carbocycles. The van der Waals surface area contributed by atoms with Crippen molar-refractivity contribution in [2.24, 2.45) is 11.8 Å². The molecule has 2 saturated heterocycles. The summed E-state index contributed by atoms with van der Waals surface area (Å²) >= 11 is 0. The molecular weight excluding hydrogens is 150 g/mol. The Bertz CT molecular complexity index is 141. The van der Waals surface area contributed by atoms with Crippen LogP contribution in [0, 0.1) is 11.8 Å². The van der Waals surface area contributed by atoms with Gasteiger partial charge in [0.05, 0.1) is 0 Å². The molecule has 0 saturated carbocycles. The molecule has 2 aliphatic rings. The molecule has 70 valence electrons. The second kappa shape index (κ2) is 3.00. The van der Waals surface area contributed by atoms with E-state index in [9.17, 15) is 5.21 Å². The third kappa shape index (κ3) is 1.38. The second-order valence-corrected chi connectivity index (χ2v) is 4.84. The lowest BCUT2D eigenvalue weighted by Crippen LogP contribution is -2.51. The Morgan fingerprint density at radius 1 is 0.917 bits per heavy atom. The molecule has 0 spiro atoms. The predicted molar refractivity (Wildman–Crippen MR) is 48.0 cm³/mol. The summed E-state index contributed by atoms with van der Waals surface area (Å²) in [5.74, 6) is 1.63. The van der Waals surface area contributed by atoms with Crippen LogP contribution in [0.1, 0.15) is 39.5 Å². The van der Waals surface area contributed by atoms with Gasteiger partial charge in [0.2, 0.25) is 0 Å². The third-order valence-electron chi connectivity index (χ3n) is 3.45. The summed E-state index contributed by atoms with van der Waals surface area (Å²) < 4.78 is 0. The minimum atomic E-state index is 0.461. The highest BCUT2D eigenvalue weighted by Gasteiger charge is 2.38. The number of nitrogens with zero attached hydrogens (tertiary/aromatic N) is 1. The first-order chi connectivity index (χ1) is 5.66. The molecule has 1 N–H and O–H groups in total. The summed E-state index contributed by atoms with van der Waals surface area (Å²) in [6.07, 6.45) is 4.77. The first-order valence-corrected chi connectivity index (χ1v) is 5.14. The first kappa shape index (κ1) is 8.52. The fraction of sp³-hybridized carbons (Fsp3) is 1.00. The van der Waals surface area contributed by atoms with Crippen LogP contribution in [-0.4, -0.2) is 22.4 Å². The average molecular weight is 169 g/mol. The fourth-order valence-electron chi connectivity index (χ4n) is 2.97. The summed E-state index contributed by atoms with van der Waals surface area (Å²) in [5.41, 5.74) is 0. The van der Waals surface area contributed by atoms with Crippen molar-refractivity contribution in [3.05, 3.63) is 0 Å². The molecule has 0 aliphatic carbocycles. The van der Waals surface area contributed by atoms with E-state index >= 15 is 0 Å². The van der Waals surface area contributed by atoms with Crippen molar-refractivity contribution in [3.63, 3.8) is 0 Å². The maximum Gasteiger partial charge on any atom is 0.0358 e. The zero-order valence-corrected chi connectivity index (χ0v) is 8.03. The van der Waals surface area contributed by atoms with Crippen molar-refractivity contribution in [3.8, 4) is 0 Å². The summed E-state index contributed by atoms with van der Waals surface area (Å²) in [6, 6.07) is 0.921. The molecule has 0 aromatic heterocycles. The van der Waals surface area contributed by atoms with Crippen molar-refractivity contribution in [1.82, 2.24) is 5.06 Å². The van der Waals surface area contributed by atoms with Crippen molar-refractivity contribution in [2.75, 3.05) is 0 Å². The zero-order valence-electron chi connectivity index (χ0n) is 8.03. The third-order valence-corrected chi connectivity index (χ3v) is 3.45. The van der Waals surface area contributed by atoms with E-state index in [4.69, 9.17) is 0 Å². The molecule has 2 nitrogen and oxygen atoms in total. The van der Waals surface area contributed by atoms with Crippen LogP contribution in [0.25, 0.3) is 0 Å². The summed E-state index contributed by atoms with van der Waals surface area (Å²) in [6.45, 7) is 4.62. The van der Waals surface area contributed by atoms with Crippen LogP contribution in [0.3, 0.4) is 0 Å². The molecule has 0 radical (unpaired) electrons. The van der Waals surface area contributed by atoms with Gasteiger partial charge in [0.1, 0.15) is 0 Å². The van der Waals surface area contributed by atoms with E-state index in [2.05, 4.69) is 13.8 Å². The maximum absolute atomic E-state index is 9.76. The Balaban J connectivity index is 2.08. The van der Waals surface area contributed by atoms with Gasteiger partial charge in [-0.2, -0.15) is 5.06 Å². The lowest BCUT2D eigenvalue weighted by Gasteiger charge is -2.46. The van der Waals surface area contributed by atoms with E-state index in [0.29, 0.717) is 12.1 Å². The highest BCUT2D eigenvalue weighted by Crippen LogP contribution is 2.37. The Morgan fingerprint density at radius 2 is 1.25 bits per heavy atom. The quantitative estimate of drug-likeness (QED) is 0.601. The van der Waals surface area contributed by atoms with E-state index < -0.39 is 0 Å². The van der Waals surface area contributed by atoms with Crippen LogP contribution in [0.5, 0.6) is 0 Å². The minimum absolute atomic E-state index is 0.461. The predicted octanol–water partition coefficient (Wildman–Crippen LogP) is 2.27. The van der Waals surface area contributed by atoms with E-state index in [1.807, 2.05) is 0 Å². The molecule has 0 unspecified atom stereocenters. The first-order valence-electron chi connectivity index (χ1n) is 5.14. The largest absolute Gasteiger partial charge is 0.313 e. The minimum Gasteiger partial charge on any atom is -0.313 e. The van der Waals surface area contributed by atoms with E-state index in [1.54, 1.807) is 5.06 Å². The van der Waals surface area contributed by atoms with Crippen LogP contribution < -0.4 is 0 Å². The van der Waals surface area contributed by atoms with Gasteiger partial charge in [-0.25, -0.2) is 0 Å². The summed E-state index contributed by atoms with van der Waals surface area (Å²) in [5, 5.41) is 11.4. The van der Waals surface area contributed by atoms with Gasteiger partial charge >= 0.3 is 0 Å². The Labute approximate surface area is 74.5 Å². The Hall–Kier alpha value is -0.0800. The van der Waals surface area contributed by atoms with E-state index in [1.165, 1.54) is 25.7 Å². The maximum atomic E-state index is 9.76. The van der Waals surface area contributed by atoms with Crippen molar-refractivity contribution in [2.45, 2.75) is 51.6 Å². The Morgan fingerprint density at radius 3 is 1.58 bits per heavy atom. The zero-order chi connectivity index (χ0) is 8.72. The van der Waals surface area contributed by atoms with Crippen molar-refractivity contribution >= 4 is 0 Å². The van der Waals surface area contributed by atoms with Gasteiger partial charge in [0.25, 0.3) is 0 Å². The number of rotatable bonds is 0. The summed E-state index contributed by atoms with van der Waals surface area (Å²) in [4.78, 5) is 0. The van der Waals surface area contributed by atoms with Crippen LogP contribution in [-0.2, 0) is 0 Å². The molecule has 0 aromatic rings. The molecule has 12 heavy (non-hydrogen) atoms. The number of piperidine rings is 2. The number of hydroxylamine groups is 2. The van der Waals surface area contributed by atoms with Crippen LogP contribution in [0.2, 0.25) is 0 Å². The Kier molecular flexibility index (Phi) is 2.13. The highest BCUT2D eigenvalue weighted by atomic mass is 16.5. The van der Waals surface area contributed by atoms with Gasteiger partial charge in [-0.05, 0) is 37.5 Å². The molecule has 2 bridgehead atoms. The monoisotopic (exact) mass is 169 g/mol. The van der Waals surface area contributed by atoms with Crippen LogP contribution in [0.4, 0.5) is 0 Å². The van der Waals surface area contributed by atoms with Gasteiger partial charge in [0, 0.05) is 12.1 Å². The molecular formula is C10H19NO. The number of fused-ring (bicyclic) bond motifs is 2. The van der Waals surface area contributed by atoms with E-state index in [0.717, 1.165) is 11.8 Å². The molecule has 2 aliphatic heterocycles. The molecule has 0 atom stereocenters. The lowest BCUT2D eigenvalue weighted by atomic mass is 9.76. The normalized spacial score (nSPS) is 49.2. The summed E-state index contributed by atoms with van der Waals surface area (Å²) in [7, 11) is 0. The van der Waals surface area contributed by atoms with Gasteiger partial charge in [-0.15, -0.1) is 0 Å². The molecule has 2 heteroatoms. The second-order valence-electron chi connectivity index (χ2n) is 4.84. The smallest absolute Gasteiger partial charge is 0.0358 e. The standard InChI is InChI=1S/C10H19NO/c1-7-3-9-5-8(2)6-10(4-7)11(9)12/h7-10,12H,3-6H2,1-2H3. The average Bonchev–Trinajstić information content (AvgIpc) is 1.94. The van der Waals surface area contributed by atoms with Crippen LogP contribution in [0.15, 0.2) is 0 Å². The van der Waals surface area contributed by atoms with Gasteiger partial charge in [-0.3, -0.25) is 0 Å². The molecule has 0 amide bonds.